The Morgan fingerprint density at radius 1 is 1.03 bits per heavy atom. The summed E-state index contributed by atoms with van der Waals surface area (Å²) in [4.78, 5) is 41.2. The third-order valence-electron chi connectivity index (χ3n) is 4.69. The maximum atomic E-state index is 13.2. The average molecular weight is 400 g/mol. The molecule has 4 rings (SSSR count). The van der Waals surface area contributed by atoms with Crippen LogP contribution >= 0.6 is 0 Å². The molecule has 0 saturated heterocycles. The number of carbonyl (C=O) groups excluding carboxylic acids is 1. The van der Waals surface area contributed by atoms with Crippen molar-refractivity contribution >= 4 is 22.5 Å². The number of hydrogen-bond acceptors (Lipinski definition) is 5. The maximum Gasteiger partial charge on any atom is 0.280 e. The fourth-order valence-electron chi connectivity index (χ4n) is 3.18. The van der Waals surface area contributed by atoms with Crippen molar-refractivity contribution in [1.29, 1.82) is 0 Å². The number of benzene rings is 3. The zero-order valence-corrected chi connectivity index (χ0v) is 15.9. The van der Waals surface area contributed by atoms with E-state index in [-0.39, 0.29) is 11.5 Å². The van der Waals surface area contributed by atoms with E-state index in [1.54, 1.807) is 55.5 Å². The van der Waals surface area contributed by atoms with Crippen molar-refractivity contribution in [3.63, 3.8) is 0 Å². The van der Waals surface area contributed by atoms with Gasteiger partial charge in [-0.05, 0) is 30.7 Å². The Morgan fingerprint density at radius 3 is 2.53 bits per heavy atom. The smallest absolute Gasteiger partial charge is 0.267 e. The second-order valence-corrected chi connectivity index (χ2v) is 6.66. The van der Waals surface area contributed by atoms with E-state index in [2.05, 4.69) is 10.4 Å². The van der Waals surface area contributed by atoms with Crippen LogP contribution in [0.15, 0.2) is 77.6 Å². The second-order valence-electron chi connectivity index (χ2n) is 6.66. The first-order chi connectivity index (χ1) is 14.5. The van der Waals surface area contributed by atoms with Gasteiger partial charge < -0.3 is 0 Å². The molecule has 4 aromatic rings. The first-order valence-corrected chi connectivity index (χ1v) is 9.09. The van der Waals surface area contributed by atoms with Crippen molar-refractivity contribution in [3.05, 3.63) is 104 Å². The quantitative estimate of drug-likeness (QED) is 0.415. The van der Waals surface area contributed by atoms with Gasteiger partial charge >= 0.3 is 0 Å². The molecule has 0 spiro atoms. The summed E-state index contributed by atoms with van der Waals surface area (Å²) in [5.74, 6) is -0.386. The predicted molar refractivity (Wildman–Crippen MR) is 113 cm³/mol. The van der Waals surface area contributed by atoms with Gasteiger partial charge in [0, 0.05) is 23.3 Å². The lowest BCUT2D eigenvalue weighted by Gasteiger charge is -2.15. The number of aromatic nitrogens is 2. The van der Waals surface area contributed by atoms with Gasteiger partial charge in [-0.2, -0.15) is 4.68 Å². The highest BCUT2D eigenvalue weighted by atomic mass is 16.6. The molecule has 0 aliphatic carbocycles. The van der Waals surface area contributed by atoms with E-state index in [1.807, 2.05) is 6.07 Å². The topological polar surface area (TPSA) is 107 Å². The van der Waals surface area contributed by atoms with Crippen LogP contribution in [0.2, 0.25) is 0 Å². The third kappa shape index (κ3) is 3.42. The number of nitrogens with one attached hydrogen (secondary N) is 1. The number of rotatable bonds is 4. The molecular formula is C22H16N4O4. The van der Waals surface area contributed by atoms with Crippen molar-refractivity contribution in [3.8, 4) is 11.4 Å². The van der Waals surface area contributed by atoms with E-state index in [0.29, 0.717) is 22.0 Å². The number of nitrogens with zero attached hydrogens (tertiary/aromatic N) is 3. The summed E-state index contributed by atoms with van der Waals surface area (Å²) in [6.45, 7) is 1.79. The van der Waals surface area contributed by atoms with Gasteiger partial charge in [0.1, 0.15) is 0 Å². The zero-order valence-electron chi connectivity index (χ0n) is 15.9. The Balaban J connectivity index is 1.92. The zero-order chi connectivity index (χ0) is 21.3. The molecule has 0 saturated carbocycles. The minimum absolute atomic E-state index is 0.101. The van der Waals surface area contributed by atoms with Crippen molar-refractivity contribution < 1.29 is 9.72 Å². The van der Waals surface area contributed by atoms with Crippen molar-refractivity contribution in [2.75, 3.05) is 5.43 Å². The van der Waals surface area contributed by atoms with Crippen LogP contribution in [0.1, 0.15) is 15.9 Å². The maximum absolute atomic E-state index is 13.2. The highest BCUT2D eigenvalue weighted by Gasteiger charge is 2.18. The number of nitro groups is 1. The summed E-state index contributed by atoms with van der Waals surface area (Å²) >= 11 is 0. The molecule has 0 aliphatic rings. The normalized spacial score (nSPS) is 10.7. The monoisotopic (exact) mass is 400 g/mol. The first-order valence-electron chi connectivity index (χ1n) is 9.09. The van der Waals surface area contributed by atoms with E-state index < -0.39 is 16.4 Å². The van der Waals surface area contributed by atoms with Gasteiger partial charge in [0.15, 0.2) is 5.82 Å². The van der Waals surface area contributed by atoms with Crippen LogP contribution in [-0.4, -0.2) is 20.5 Å². The Bertz CT molecular complexity index is 1360. The summed E-state index contributed by atoms with van der Waals surface area (Å²) in [5.41, 5.74) is 3.88. The predicted octanol–water partition coefficient (Wildman–Crippen LogP) is 3.66. The number of non-ortho nitro benzene ring substituents is 1. The van der Waals surface area contributed by atoms with Crippen LogP contribution in [0.4, 0.5) is 5.69 Å². The summed E-state index contributed by atoms with van der Waals surface area (Å²) in [5, 5.41) is 11.5. The van der Waals surface area contributed by atoms with E-state index in [0.717, 1.165) is 10.2 Å². The van der Waals surface area contributed by atoms with Gasteiger partial charge in [0.05, 0.1) is 15.8 Å². The minimum atomic E-state index is -0.529. The third-order valence-corrected chi connectivity index (χ3v) is 4.69. The molecule has 1 N–H and O–H groups in total. The highest BCUT2D eigenvalue weighted by Crippen LogP contribution is 2.23. The second kappa shape index (κ2) is 7.59. The Morgan fingerprint density at radius 2 is 1.77 bits per heavy atom. The number of aryl methyl sites for hydroxylation is 1. The molecule has 8 nitrogen and oxygen atoms in total. The lowest BCUT2D eigenvalue weighted by atomic mass is 10.1. The van der Waals surface area contributed by atoms with Gasteiger partial charge in [0.2, 0.25) is 0 Å². The van der Waals surface area contributed by atoms with Crippen LogP contribution in [0.5, 0.6) is 0 Å². The number of hydrogen-bond donors (Lipinski definition) is 1. The molecule has 0 aliphatic heterocycles. The van der Waals surface area contributed by atoms with Gasteiger partial charge in [-0.15, -0.1) is 0 Å². The molecule has 8 heteroatoms. The lowest BCUT2D eigenvalue weighted by Crippen LogP contribution is -2.35. The number of para-hydroxylation sites is 1. The average Bonchev–Trinajstić information content (AvgIpc) is 2.76. The van der Waals surface area contributed by atoms with E-state index in [4.69, 9.17) is 0 Å². The minimum Gasteiger partial charge on any atom is -0.267 e. The van der Waals surface area contributed by atoms with Crippen LogP contribution in [0.25, 0.3) is 22.3 Å². The Kier molecular flexibility index (Phi) is 4.81. The number of fused-ring (bicyclic) bond motifs is 1. The Hall–Kier alpha value is -4.33. The molecule has 0 atom stereocenters. The molecule has 1 heterocycles. The number of nitro benzene ring substituents is 1. The lowest BCUT2D eigenvalue weighted by molar-refractivity contribution is -0.384. The SMILES string of the molecule is Cc1ccccc1C(=O)Nn1c(-c2cccc([N+](=O)[O-])c2)nc2ccccc2c1=O. The first kappa shape index (κ1) is 19.0. The summed E-state index contributed by atoms with van der Waals surface area (Å²) in [7, 11) is 0. The molecule has 148 valence electrons. The number of carbonyl (C=O) groups is 1. The van der Waals surface area contributed by atoms with Crippen molar-refractivity contribution in [2.24, 2.45) is 0 Å². The van der Waals surface area contributed by atoms with Crippen LogP contribution < -0.4 is 11.0 Å². The van der Waals surface area contributed by atoms with Crippen LogP contribution in [0, 0.1) is 17.0 Å². The van der Waals surface area contributed by atoms with E-state index in [9.17, 15) is 19.7 Å². The molecule has 0 unspecified atom stereocenters. The Labute approximate surface area is 170 Å². The van der Waals surface area contributed by atoms with Gasteiger partial charge in [0.25, 0.3) is 17.2 Å². The van der Waals surface area contributed by atoms with E-state index >= 15 is 0 Å². The molecule has 1 aromatic heterocycles. The van der Waals surface area contributed by atoms with Gasteiger partial charge in [-0.1, -0.05) is 42.5 Å². The number of amides is 1. The fourth-order valence-corrected chi connectivity index (χ4v) is 3.18. The van der Waals surface area contributed by atoms with Crippen molar-refractivity contribution in [2.45, 2.75) is 6.92 Å². The summed E-state index contributed by atoms with van der Waals surface area (Å²) in [6, 6.07) is 19.5. The molecule has 30 heavy (non-hydrogen) atoms. The molecule has 0 radical (unpaired) electrons. The fraction of sp³-hybridized carbons (Fsp3) is 0.0455. The van der Waals surface area contributed by atoms with Gasteiger partial charge in [-0.25, -0.2) is 4.98 Å². The molecular weight excluding hydrogens is 384 g/mol. The molecule has 3 aromatic carbocycles. The van der Waals surface area contributed by atoms with E-state index in [1.165, 1.54) is 18.2 Å². The summed E-state index contributed by atoms with van der Waals surface area (Å²) < 4.78 is 1.04. The van der Waals surface area contributed by atoms with Crippen LogP contribution in [0.3, 0.4) is 0 Å². The van der Waals surface area contributed by atoms with Crippen LogP contribution in [-0.2, 0) is 0 Å². The molecule has 0 bridgehead atoms. The van der Waals surface area contributed by atoms with Crippen molar-refractivity contribution in [1.82, 2.24) is 9.66 Å². The molecule has 0 fully saturated rings. The van der Waals surface area contributed by atoms with Gasteiger partial charge in [-0.3, -0.25) is 25.1 Å². The standard InChI is InChI=1S/C22H16N4O4/c1-14-7-2-3-10-17(14)21(27)24-25-20(15-8-6-9-16(13-15)26(29)30)23-19-12-5-4-11-18(19)22(25)28/h2-13H,1H3,(H,24,27). The largest absolute Gasteiger partial charge is 0.280 e. The highest BCUT2D eigenvalue weighted by molar-refractivity contribution is 6.01. The molecule has 1 amide bonds. The summed E-state index contributed by atoms with van der Waals surface area (Å²) in [6.07, 6.45) is 0.